The van der Waals surface area contributed by atoms with Crippen LogP contribution in [0.15, 0.2) is 47.2 Å². The van der Waals surface area contributed by atoms with Crippen LogP contribution < -0.4 is 5.32 Å². The third kappa shape index (κ3) is 5.07. The molecule has 0 bridgehead atoms. The van der Waals surface area contributed by atoms with Crippen LogP contribution in [-0.4, -0.2) is 30.4 Å². The number of nitro benzene ring substituents is 1. The van der Waals surface area contributed by atoms with Crippen LogP contribution in [0.3, 0.4) is 0 Å². The van der Waals surface area contributed by atoms with Crippen molar-refractivity contribution in [3.05, 3.63) is 62.9 Å². The number of carbonyl (C=O) groups excluding carboxylic acids is 2. The number of hydrogen-bond donors (Lipinski definition) is 1. The van der Waals surface area contributed by atoms with Gasteiger partial charge in [0.2, 0.25) is 0 Å². The highest BCUT2D eigenvalue weighted by atomic mass is 16.7. The summed E-state index contributed by atoms with van der Waals surface area (Å²) < 4.78 is 20.5. The van der Waals surface area contributed by atoms with Crippen molar-refractivity contribution in [3.63, 3.8) is 0 Å². The van der Waals surface area contributed by atoms with Crippen LogP contribution in [0.4, 0.5) is 15.3 Å². The van der Waals surface area contributed by atoms with Gasteiger partial charge in [0.25, 0.3) is 5.69 Å². The molecule has 10 heteroatoms. The Hall–Kier alpha value is -3.56. The maximum Gasteiger partial charge on any atom is 0.513 e. The molecule has 1 aromatic carbocycles. The van der Waals surface area contributed by atoms with Crippen LogP contribution in [0, 0.1) is 10.1 Å². The topological polar surface area (TPSA) is 126 Å². The first-order valence-corrected chi connectivity index (χ1v) is 9.47. The molecule has 0 fully saturated rings. The molecule has 30 heavy (non-hydrogen) atoms. The Morgan fingerprint density at radius 2 is 1.60 bits per heavy atom. The second kappa shape index (κ2) is 10.3. The maximum atomic E-state index is 12.1. The fraction of sp³-hybridized carbons (Fsp3) is 0.400. The summed E-state index contributed by atoms with van der Waals surface area (Å²) in [4.78, 5) is 35.2. The van der Waals surface area contributed by atoms with E-state index < -0.39 is 23.2 Å². The van der Waals surface area contributed by atoms with E-state index in [1.807, 2.05) is 6.92 Å². The Kier molecular flexibility index (Phi) is 7.79. The Bertz CT molecular complexity index is 891. The number of hydrogen-bond acceptors (Lipinski definition) is 9. The average molecular weight is 420 g/mol. The van der Waals surface area contributed by atoms with E-state index in [9.17, 15) is 19.7 Å². The molecule has 10 nitrogen and oxygen atoms in total. The Balaban J connectivity index is 2.66. The van der Waals surface area contributed by atoms with Gasteiger partial charge in [-0.1, -0.05) is 25.1 Å². The van der Waals surface area contributed by atoms with E-state index in [0.717, 1.165) is 0 Å². The number of dihydropyridines is 1. The largest absolute Gasteiger partial charge is 0.513 e. The van der Waals surface area contributed by atoms with E-state index in [-0.39, 0.29) is 36.0 Å². The smallest absolute Gasteiger partial charge is 0.434 e. The van der Waals surface area contributed by atoms with Gasteiger partial charge in [-0.15, -0.1) is 0 Å². The summed E-state index contributed by atoms with van der Waals surface area (Å²) in [5, 5.41) is 14.7. The van der Waals surface area contributed by atoms with Gasteiger partial charge in [0.05, 0.1) is 29.5 Å². The molecule has 1 aliphatic rings. The summed E-state index contributed by atoms with van der Waals surface area (Å²) in [5.74, 6) is -0.967. The Morgan fingerprint density at radius 3 is 2.13 bits per heavy atom. The number of allylic oxidation sites excluding steroid dienone is 2. The van der Waals surface area contributed by atoms with Crippen molar-refractivity contribution >= 4 is 18.0 Å². The molecule has 0 aromatic heterocycles. The molecule has 0 spiro atoms. The molecule has 0 saturated heterocycles. The number of nitro groups is 1. The van der Waals surface area contributed by atoms with E-state index in [1.165, 1.54) is 18.2 Å². The Labute approximate surface area is 173 Å². The molecule has 1 aromatic rings. The number of nitrogens with zero attached hydrogens (tertiary/aromatic N) is 1. The molecular formula is C20H24N2O8. The minimum absolute atomic E-state index is 0.0271. The number of para-hydroxylation sites is 1. The first kappa shape index (κ1) is 22.7. The molecule has 2 rings (SSSR count). The molecule has 1 N–H and O–H groups in total. The molecule has 162 valence electrons. The van der Waals surface area contributed by atoms with Crippen molar-refractivity contribution in [1.29, 1.82) is 0 Å². The summed E-state index contributed by atoms with van der Waals surface area (Å²) in [6.45, 7) is 6.86. The van der Waals surface area contributed by atoms with Gasteiger partial charge < -0.3 is 24.3 Å². The van der Waals surface area contributed by atoms with Gasteiger partial charge in [-0.3, -0.25) is 10.1 Å². The summed E-state index contributed by atoms with van der Waals surface area (Å²) in [6.07, 6.45) is -1.54. The van der Waals surface area contributed by atoms with Crippen LogP contribution >= 0.6 is 0 Å². The highest BCUT2D eigenvalue weighted by molar-refractivity contribution is 5.66. The third-order valence-electron chi connectivity index (χ3n) is 4.24. The number of benzene rings is 1. The Morgan fingerprint density at radius 1 is 1.03 bits per heavy atom. The number of nitrogens with one attached hydrogen (secondary N) is 1. The molecule has 1 unspecified atom stereocenters. The van der Waals surface area contributed by atoms with Crippen molar-refractivity contribution in [3.8, 4) is 0 Å². The minimum atomic E-state index is -1.04. The molecule has 1 atom stereocenters. The summed E-state index contributed by atoms with van der Waals surface area (Å²) in [6, 6.07) is 5.96. The van der Waals surface area contributed by atoms with Crippen molar-refractivity contribution in [1.82, 2.24) is 5.32 Å². The lowest BCUT2D eigenvalue weighted by Crippen LogP contribution is -2.30. The standard InChI is InChI=1S/C20H24N2O8/c1-5-14-18(30-20(24)28-7-3)16(13-10-8-9-11-15(13)22(25)26)17(12(4)21-14)29-19(23)27-6-2/h8-11,16,21H,5-7H2,1-4H3. The molecule has 0 saturated carbocycles. The zero-order valence-electron chi connectivity index (χ0n) is 17.2. The van der Waals surface area contributed by atoms with Gasteiger partial charge in [-0.05, 0) is 27.2 Å². The van der Waals surface area contributed by atoms with E-state index in [0.29, 0.717) is 17.8 Å². The number of ether oxygens (including phenoxy) is 4. The first-order chi connectivity index (χ1) is 14.3. The highest BCUT2D eigenvalue weighted by Gasteiger charge is 2.39. The van der Waals surface area contributed by atoms with Crippen molar-refractivity contribution in [2.75, 3.05) is 13.2 Å². The zero-order valence-corrected chi connectivity index (χ0v) is 17.2. The monoisotopic (exact) mass is 420 g/mol. The van der Waals surface area contributed by atoms with Crippen LogP contribution in [-0.2, 0) is 18.9 Å². The third-order valence-corrected chi connectivity index (χ3v) is 4.24. The zero-order chi connectivity index (χ0) is 22.3. The quantitative estimate of drug-likeness (QED) is 0.386. The minimum Gasteiger partial charge on any atom is -0.434 e. The highest BCUT2D eigenvalue weighted by Crippen LogP contribution is 2.43. The van der Waals surface area contributed by atoms with Crippen LogP contribution in [0.1, 0.15) is 45.6 Å². The van der Waals surface area contributed by atoms with Crippen molar-refractivity contribution in [2.24, 2.45) is 0 Å². The van der Waals surface area contributed by atoms with Gasteiger partial charge in [0.1, 0.15) is 17.4 Å². The fourth-order valence-corrected chi connectivity index (χ4v) is 3.03. The summed E-state index contributed by atoms with van der Waals surface area (Å²) >= 11 is 0. The van der Waals surface area contributed by atoms with E-state index in [2.05, 4.69) is 5.32 Å². The van der Waals surface area contributed by atoms with E-state index in [1.54, 1.807) is 26.8 Å². The predicted molar refractivity (Wildman–Crippen MR) is 105 cm³/mol. The van der Waals surface area contributed by atoms with Crippen LogP contribution in [0.5, 0.6) is 0 Å². The lowest BCUT2D eigenvalue weighted by atomic mass is 9.88. The van der Waals surface area contributed by atoms with Crippen LogP contribution in [0.2, 0.25) is 0 Å². The van der Waals surface area contributed by atoms with E-state index in [4.69, 9.17) is 18.9 Å². The molecule has 0 aliphatic carbocycles. The van der Waals surface area contributed by atoms with Gasteiger partial charge >= 0.3 is 12.3 Å². The van der Waals surface area contributed by atoms with Crippen LogP contribution in [0.25, 0.3) is 0 Å². The maximum absolute atomic E-state index is 12.1. The average Bonchev–Trinajstić information content (AvgIpc) is 2.70. The van der Waals surface area contributed by atoms with E-state index >= 15 is 0 Å². The lowest BCUT2D eigenvalue weighted by molar-refractivity contribution is -0.385. The summed E-state index contributed by atoms with van der Waals surface area (Å²) in [7, 11) is 0. The first-order valence-electron chi connectivity index (χ1n) is 9.47. The lowest BCUT2D eigenvalue weighted by Gasteiger charge is -2.30. The van der Waals surface area contributed by atoms with Crippen molar-refractivity contribution in [2.45, 2.75) is 40.0 Å². The molecular weight excluding hydrogens is 396 g/mol. The van der Waals surface area contributed by atoms with Gasteiger partial charge in [0, 0.05) is 11.6 Å². The fourth-order valence-electron chi connectivity index (χ4n) is 3.03. The second-order valence-corrected chi connectivity index (χ2v) is 6.13. The molecule has 1 aliphatic heterocycles. The predicted octanol–water partition coefficient (Wildman–Crippen LogP) is 4.48. The van der Waals surface area contributed by atoms with Gasteiger partial charge in [0.15, 0.2) is 0 Å². The van der Waals surface area contributed by atoms with Crippen molar-refractivity contribution < 1.29 is 33.5 Å². The van der Waals surface area contributed by atoms with Gasteiger partial charge in [-0.25, -0.2) is 9.59 Å². The molecule has 0 radical (unpaired) electrons. The normalized spacial score (nSPS) is 15.9. The molecule has 1 heterocycles. The number of rotatable bonds is 7. The second-order valence-electron chi connectivity index (χ2n) is 6.13. The molecule has 0 amide bonds. The summed E-state index contributed by atoms with van der Waals surface area (Å²) in [5.41, 5.74) is 0.898. The SMILES string of the molecule is CCOC(=O)OC1=C(C)NC(CC)=C(OC(=O)OCC)C1c1ccccc1[N+](=O)[O-]. The van der Waals surface area contributed by atoms with Gasteiger partial charge in [-0.2, -0.15) is 0 Å². The number of carbonyl (C=O) groups is 2.